The summed E-state index contributed by atoms with van der Waals surface area (Å²) in [5.41, 5.74) is 0.369. The SMILES string of the molecule is CCOC(=O)C(O)c1cc(F)c(C)c(Cl)c1. The smallest absolute Gasteiger partial charge is 0.339 e. The highest BCUT2D eigenvalue weighted by atomic mass is 35.5. The van der Waals surface area contributed by atoms with Crippen molar-refractivity contribution in [1.29, 1.82) is 0 Å². The molecule has 0 heterocycles. The van der Waals surface area contributed by atoms with E-state index in [1.54, 1.807) is 6.92 Å². The van der Waals surface area contributed by atoms with Gasteiger partial charge in [-0.25, -0.2) is 9.18 Å². The van der Waals surface area contributed by atoms with Crippen LogP contribution in [0.1, 0.15) is 24.2 Å². The minimum Gasteiger partial charge on any atom is -0.464 e. The Hall–Kier alpha value is -1.13. The minimum absolute atomic E-state index is 0.0894. The van der Waals surface area contributed by atoms with E-state index in [-0.39, 0.29) is 22.8 Å². The second-order valence-electron chi connectivity index (χ2n) is 3.26. The first kappa shape index (κ1) is 12.9. The predicted octanol–water partition coefficient (Wildman–Crippen LogP) is 2.38. The number of hydrogen-bond donors (Lipinski definition) is 1. The highest BCUT2D eigenvalue weighted by Gasteiger charge is 2.20. The average Bonchev–Trinajstić information content (AvgIpc) is 2.24. The lowest BCUT2D eigenvalue weighted by atomic mass is 10.1. The van der Waals surface area contributed by atoms with Crippen molar-refractivity contribution in [2.45, 2.75) is 20.0 Å². The fourth-order valence-electron chi connectivity index (χ4n) is 1.18. The van der Waals surface area contributed by atoms with E-state index in [4.69, 9.17) is 11.6 Å². The Morgan fingerprint density at radius 1 is 1.62 bits per heavy atom. The van der Waals surface area contributed by atoms with Gasteiger partial charge in [-0.15, -0.1) is 0 Å². The van der Waals surface area contributed by atoms with Crippen molar-refractivity contribution in [2.75, 3.05) is 6.61 Å². The topological polar surface area (TPSA) is 46.5 Å². The van der Waals surface area contributed by atoms with Gasteiger partial charge in [0.2, 0.25) is 0 Å². The maximum atomic E-state index is 13.3. The minimum atomic E-state index is -1.51. The predicted molar refractivity (Wildman–Crippen MR) is 57.7 cm³/mol. The number of carbonyl (C=O) groups excluding carboxylic acids is 1. The average molecular weight is 247 g/mol. The van der Waals surface area contributed by atoms with Gasteiger partial charge in [-0.3, -0.25) is 0 Å². The maximum absolute atomic E-state index is 13.3. The molecular formula is C11H12ClFO3. The van der Waals surface area contributed by atoms with Crippen molar-refractivity contribution < 1.29 is 19.0 Å². The lowest BCUT2D eigenvalue weighted by Gasteiger charge is -2.11. The van der Waals surface area contributed by atoms with Crippen molar-refractivity contribution >= 4 is 17.6 Å². The number of ether oxygens (including phenoxy) is 1. The van der Waals surface area contributed by atoms with Crippen LogP contribution in [0.4, 0.5) is 4.39 Å². The van der Waals surface area contributed by atoms with Crippen LogP contribution >= 0.6 is 11.6 Å². The third-order valence-corrected chi connectivity index (χ3v) is 2.52. The second-order valence-corrected chi connectivity index (χ2v) is 3.67. The molecule has 1 rings (SSSR count). The summed E-state index contributed by atoms with van der Waals surface area (Å²) in [5, 5.41) is 9.73. The van der Waals surface area contributed by atoms with Gasteiger partial charge in [0.25, 0.3) is 0 Å². The highest BCUT2D eigenvalue weighted by molar-refractivity contribution is 6.31. The molecule has 0 spiro atoms. The van der Waals surface area contributed by atoms with E-state index in [0.29, 0.717) is 0 Å². The Morgan fingerprint density at radius 2 is 2.25 bits per heavy atom. The Bertz CT molecular complexity index is 383. The van der Waals surface area contributed by atoms with Gasteiger partial charge in [-0.05, 0) is 31.5 Å². The summed E-state index contributed by atoms with van der Waals surface area (Å²) in [6.45, 7) is 3.28. The molecule has 0 saturated heterocycles. The standard InChI is InChI=1S/C11H12ClFO3/c1-3-16-11(15)10(14)7-4-8(12)6(2)9(13)5-7/h4-5,10,14H,3H2,1-2H3. The summed E-state index contributed by atoms with van der Waals surface area (Å²) in [4.78, 5) is 11.2. The molecule has 1 atom stereocenters. The van der Waals surface area contributed by atoms with Gasteiger partial charge < -0.3 is 9.84 Å². The lowest BCUT2D eigenvalue weighted by molar-refractivity contribution is -0.153. The maximum Gasteiger partial charge on any atom is 0.339 e. The quantitative estimate of drug-likeness (QED) is 0.833. The van der Waals surface area contributed by atoms with Crippen LogP contribution in [-0.2, 0) is 9.53 Å². The van der Waals surface area contributed by atoms with E-state index in [9.17, 15) is 14.3 Å². The van der Waals surface area contributed by atoms with Gasteiger partial charge in [-0.1, -0.05) is 11.6 Å². The van der Waals surface area contributed by atoms with Crippen LogP contribution in [0.2, 0.25) is 5.02 Å². The zero-order valence-electron chi connectivity index (χ0n) is 8.96. The van der Waals surface area contributed by atoms with E-state index < -0.39 is 17.9 Å². The van der Waals surface area contributed by atoms with Crippen LogP contribution in [0.25, 0.3) is 0 Å². The number of esters is 1. The molecule has 88 valence electrons. The third kappa shape index (κ3) is 2.71. The molecule has 1 aromatic rings. The van der Waals surface area contributed by atoms with Crippen molar-refractivity contribution in [2.24, 2.45) is 0 Å². The van der Waals surface area contributed by atoms with Crippen LogP contribution in [0.5, 0.6) is 0 Å². The first-order chi connectivity index (χ1) is 7.47. The van der Waals surface area contributed by atoms with Gasteiger partial charge in [0, 0.05) is 10.6 Å². The molecule has 1 aromatic carbocycles. The van der Waals surface area contributed by atoms with Crippen LogP contribution < -0.4 is 0 Å². The number of carbonyl (C=O) groups is 1. The molecule has 0 fully saturated rings. The zero-order chi connectivity index (χ0) is 12.3. The number of aliphatic hydroxyl groups is 1. The molecule has 0 bridgehead atoms. The molecule has 5 heteroatoms. The molecule has 0 aromatic heterocycles. The largest absolute Gasteiger partial charge is 0.464 e. The van der Waals surface area contributed by atoms with Crippen LogP contribution in [0.15, 0.2) is 12.1 Å². The van der Waals surface area contributed by atoms with E-state index in [1.165, 1.54) is 13.0 Å². The van der Waals surface area contributed by atoms with E-state index in [1.807, 2.05) is 0 Å². The monoisotopic (exact) mass is 246 g/mol. The molecule has 3 nitrogen and oxygen atoms in total. The molecule has 0 aliphatic carbocycles. The van der Waals surface area contributed by atoms with Crippen molar-refractivity contribution in [1.82, 2.24) is 0 Å². The van der Waals surface area contributed by atoms with E-state index in [2.05, 4.69) is 4.74 Å². The number of halogens is 2. The van der Waals surface area contributed by atoms with Crippen molar-refractivity contribution in [3.63, 3.8) is 0 Å². The number of rotatable bonds is 3. The molecule has 1 unspecified atom stereocenters. The Morgan fingerprint density at radius 3 is 2.75 bits per heavy atom. The zero-order valence-corrected chi connectivity index (χ0v) is 9.71. The summed E-state index contributed by atoms with van der Waals surface area (Å²) in [6, 6.07) is 2.42. The highest BCUT2D eigenvalue weighted by Crippen LogP contribution is 2.24. The lowest BCUT2D eigenvalue weighted by Crippen LogP contribution is -2.15. The summed E-state index contributed by atoms with van der Waals surface area (Å²) in [6.07, 6.45) is -1.51. The number of benzene rings is 1. The normalized spacial score (nSPS) is 12.3. The Balaban J connectivity index is 3.01. The van der Waals surface area contributed by atoms with Crippen molar-refractivity contribution in [3.05, 3.63) is 34.1 Å². The fraction of sp³-hybridized carbons (Fsp3) is 0.364. The molecule has 0 saturated carbocycles. The first-order valence-corrected chi connectivity index (χ1v) is 5.15. The molecule has 16 heavy (non-hydrogen) atoms. The van der Waals surface area contributed by atoms with Gasteiger partial charge in [-0.2, -0.15) is 0 Å². The van der Waals surface area contributed by atoms with E-state index in [0.717, 1.165) is 6.07 Å². The van der Waals surface area contributed by atoms with Gasteiger partial charge in [0.15, 0.2) is 6.10 Å². The Labute approximate surface area is 97.8 Å². The van der Waals surface area contributed by atoms with Crippen molar-refractivity contribution in [3.8, 4) is 0 Å². The van der Waals surface area contributed by atoms with Gasteiger partial charge in [0.05, 0.1) is 6.61 Å². The third-order valence-electron chi connectivity index (χ3n) is 2.13. The molecule has 0 amide bonds. The van der Waals surface area contributed by atoms with Gasteiger partial charge >= 0.3 is 5.97 Å². The second kappa shape index (κ2) is 5.27. The summed E-state index contributed by atoms with van der Waals surface area (Å²) >= 11 is 5.74. The molecule has 1 N–H and O–H groups in total. The summed E-state index contributed by atoms with van der Waals surface area (Å²) < 4.78 is 17.9. The molecule has 0 aliphatic heterocycles. The number of aliphatic hydroxyl groups excluding tert-OH is 1. The number of hydrogen-bond acceptors (Lipinski definition) is 3. The fourth-order valence-corrected chi connectivity index (χ4v) is 1.40. The molecule has 0 radical (unpaired) electrons. The Kier molecular flexibility index (Phi) is 4.26. The molecular weight excluding hydrogens is 235 g/mol. The first-order valence-electron chi connectivity index (χ1n) is 4.77. The van der Waals surface area contributed by atoms with Crippen LogP contribution in [-0.4, -0.2) is 17.7 Å². The van der Waals surface area contributed by atoms with Crippen LogP contribution in [0, 0.1) is 12.7 Å². The van der Waals surface area contributed by atoms with Gasteiger partial charge in [0.1, 0.15) is 5.82 Å². The van der Waals surface area contributed by atoms with E-state index >= 15 is 0 Å². The summed E-state index contributed by atoms with van der Waals surface area (Å²) in [5.74, 6) is -1.38. The summed E-state index contributed by atoms with van der Waals surface area (Å²) in [7, 11) is 0. The van der Waals surface area contributed by atoms with Crippen LogP contribution in [0.3, 0.4) is 0 Å². The molecule has 0 aliphatic rings.